The number of ether oxygens (including phenoxy) is 1. The highest BCUT2D eigenvalue weighted by Crippen LogP contribution is 2.33. The van der Waals surface area contributed by atoms with Crippen LogP contribution in [0.3, 0.4) is 0 Å². The van der Waals surface area contributed by atoms with E-state index in [0.29, 0.717) is 5.75 Å². The first-order chi connectivity index (χ1) is 6.89. The zero-order chi connectivity index (χ0) is 11.6. The van der Waals surface area contributed by atoms with Crippen LogP contribution in [0.4, 0.5) is 8.78 Å². The molecule has 0 aliphatic carbocycles. The first kappa shape index (κ1) is 12.2. The molecular weight excluding hydrogens is 224 g/mol. The summed E-state index contributed by atoms with van der Waals surface area (Å²) in [5.74, 6) is 0.508. The lowest BCUT2D eigenvalue weighted by molar-refractivity contribution is 0.0625. The number of rotatable bonds is 3. The van der Waals surface area contributed by atoms with Crippen molar-refractivity contribution in [1.82, 2.24) is 0 Å². The molecular formula is C10H12ClF2NO. The van der Waals surface area contributed by atoms with E-state index in [9.17, 15) is 8.78 Å². The topological polar surface area (TPSA) is 35.2 Å². The molecule has 0 heterocycles. The smallest absolute Gasteiger partial charge is 0.260 e. The minimum atomic E-state index is -2.68. The third-order valence-electron chi connectivity index (χ3n) is 2.21. The summed E-state index contributed by atoms with van der Waals surface area (Å²) in [5.41, 5.74) is 3.96. The normalized spacial score (nSPS) is 15.1. The number of alkyl halides is 2. The van der Waals surface area contributed by atoms with E-state index in [2.05, 4.69) is 0 Å². The SMILES string of the molecule is COc1ccc(C(C)(N)C(F)F)c(Cl)c1. The second-order valence-corrected chi connectivity index (χ2v) is 3.84. The zero-order valence-electron chi connectivity index (χ0n) is 8.43. The molecule has 1 atom stereocenters. The molecule has 84 valence electrons. The Kier molecular flexibility index (Phi) is 3.52. The lowest BCUT2D eigenvalue weighted by Crippen LogP contribution is -2.40. The van der Waals surface area contributed by atoms with Gasteiger partial charge in [0.15, 0.2) is 0 Å². The Hall–Kier alpha value is -0.870. The average Bonchev–Trinajstić information content (AvgIpc) is 2.16. The fraction of sp³-hybridized carbons (Fsp3) is 0.400. The van der Waals surface area contributed by atoms with E-state index in [1.807, 2.05) is 0 Å². The van der Waals surface area contributed by atoms with Gasteiger partial charge in [-0.15, -0.1) is 0 Å². The summed E-state index contributed by atoms with van der Waals surface area (Å²) in [7, 11) is 1.47. The van der Waals surface area contributed by atoms with E-state index in [-0.39, 0.29) is 10.6 Å². The molecule has 1 rings (SSSR count). The highest BCUT2D eigenvalue weighted by Gasteiger charge is 2.34. The maximum Gasteiger partial charge on any atom is 0.260 e. The highest BCUT2D eigenvalue weighted by atomic mass is 35.5. The Morgan fingerprint density at radius 2 is 2.07 bits per heavy atom. The molecule has 2 N–H and O–H groups in total. The van der Waals surface area contributed by atoms with Gasteiger partial charge in [-0.05, 0) is 24.6 Å². The van der Waals surface area contributed by atoms with E-state index in [1.54, 1.807) is 6.07 Å². The Balaban J connectivity index is 3.16. The summed E-state index contributed by atoms with van der Waals surface area (Å²) >= 11 is 5.84. The van der Waals surface area contributed by atoms with Crippen LogP contribution in [0.5, 0.6) is 5.75 Å². The van der Waals surface area contributed by atoms with Gasteiger partial charge in [-0.25, -0.2) is 8.78 Å². The Morgan fingerprint density at radius 1 is 1.47 bits per heavy atom. The summed E-state index contributed by atoms with van der Waals surface area (Å²) in [6.07, 6.45) is -2.68. The third-order valence-corrected chi connectivity index (χ3v) is 2.52. The zero-order valence-corrected chi connectivity index (χ0v) is 9.18. The Bertz CT molecular complexity index is 355. The summed E-state index contributed by atoms with van der Waals surface area (Å²) < 4.78 is 30.2. The number of methoxy groups -OCH3 is 1. The number of hydrogen-bond donors (Lipinski definition) is 1. The van der Waals surface area contributed by atoms with Crippen LogP contribution in [-0.2, 0) is 5.54 Å². The van der Waals surface area contributed by atoms with Crippen LogP contribution in [0, 0.1) is 0 Å². The summed E-state index contributed by atoms with van der Waals surface area (Å²) in [5, 5.41) is 0.180. The van der Waals surface area contributed by atoms with Gasteiger partial charge in [0.25, 0.3) is 6.43 Å². The molecule has 1 unspecified atom stereocenters. The minimum Gasteiger partial charge on any atom is -0.497 e. The maximum atomic E-state index is 12.6. The fourth-order valence-electron chi connectivity index (χ4n) is 1.18. The van der Waals surface area contributed by atoms with Crippen LogP contribution in [-0.4, -0.2) is 13.5 Å². The molecule has 0 amide bonds. The van der Waals surface area contributed by atoms with Crippen molar-refractivity contribution >= 4 is 11.6 Å². The summed E-state index contributed by atoms with van der Waals surface area (Å²) in [6, 6.07) is 4.46. The van der Waals surface area contributed by atoms with Crippen LogP contribution in [0.1, 0.15) is 12.5 Å². The van der Waals surface area contributed by atoms with Crippen LogP contribution >= 0.6 is 11.6 Å². The third kappa shape index (κ3) is 2.38. The summed E-state index contributed by atoms with van der Waals surface area (Å²) in [4.78, 5) is 0. The van der Waals surface area contributed by atoms with Gasteiger partial charge >= 0.3 is 0 Å². The Labute approximate surface area is 92.0 Å². The van der Waals surface area contributed by atoms with Gasteiger partial charge in [0.05, 0.1) is 7.11 Å². The lowest BCUT2D eigenvalue weighted by atomic mass is 9.93. The van der Waals surface area contributed by atoms with Crippen LogP contribution in [0.15, 0.2) is 18.2 Å². The second-order valence-electron chi connectivity index (χ2n) is 3.43. The molecule has 15 heavy (non-hydrogen) atoms. The number of halogens is 3. The van der Waals surface area contributed by atoms with E-state index in [4.69, 9.17) is 22.1 Å². The molecule has 0 fully saturated rings. The van der Waals surface area contributed by atoms with Crippen molar-refractivity contribution in [2.45, 2.75) is 18.9 Å². The van der Waals surface area contributed by atoms with Crippen molar-refractivity contribution in [3.63, 3.8) is 0 Å². The summed E-state index contributed by atoms with van der Waals surface area (Å²) in [6.45, 7) is 1.24. The van der Waals surface area contributed by atoms with Gasteiger partial charge in [-0.3, -0.25) is 0 Å². The van der Waals surface area contributed by atoms with Gasteiger partial charge in [0.1, 0.15) is 11.3 Å². The van der Waals surface area contributed by atoms with Crippen molar-refractivity contribution in [3.8, 4) is 5.75 Å². The van der Waals surface area contributed by atoms with Crippen molar-refractivity contribution in [1.29, 1.82) is 0 Å². The van der Waals surface area contributed by atoms with Crippen LogP contribution in [0.25, 0.3) is 0 Å². The lowest BCUT2D eigenvalue weighted by Gasteiger charge is -2.25. The van der Waals surface area contributed by atoms with E-state index >= 15 is 0 Å². The molecule has 1 aromatic carbocycles. The van der Waals surface area contributed by atoms with Gasteiger partial charge in [-0.2, -0.15) is 0 Å². The molecule has 0 spiro atoms. The monoisotopic (exact) mass is 235 g/mol. The minimum absolute atomic E-state index is 0.180. The second kappa shape index (κ2) is 4.33. The first-order valence-electron chi connectivity index (χ1n) is 4.30. The molecule has 0 bridgehead atoms. The average molecular weight is 236 g/mol. The number of benzene rings is 1. The molecule has 0 aliphatic heterocycles. The van der Waals surface area contributed by atoms with Crippen molar-refractivity contribution < 1.29 is 13.5 Å². The van der Waals surface area contributed by atoms with E-state index in [0.717, 1.165) is 0 Å². The first-order valence-corrected chi connectivity index (χ1v) is 4.68. The standard InChI is InChI=1S/C10H12ClF2NO/c1-10(14,9(12)13)7-4-3-6(15-2)5-8(7)11/h3-5,9H,14H2,1-2H3. The molecule has 0 saturated heterocycles. The molecule has 0 aromatic heterocycles. The van der Waals surface area contributed by atoms with Crippen LogP contribution in [0.2, 0.25) is 5.02 Å². The van der Waals surface area contributed by atoms with Crippen molar-refractivity contribution in [2.24, 2.45) is 5.73 Å². The molecule has 2 nitrogen and oxygen atoms in total. The van der Waals surface area contributed by atoms with Gasteiger partial charge < -0.3 is 10.5 Å². The molecule has 5 heteroatoms. The van der Waals surface area contributed by atoms with Gasteiger partial charge in [0, 0.05) is 5.02 Å². The van der Waals surface area contributed by atoms with Crippen LogP contribution < -0.4 is 10.5 Å². The molecule has 0 aliphatic rings. The van der Waals surface area contributed by atoms with E-state index in [1.165, 1.54) is 26.2 Å². The highest BCUT2D eigenvalue weighted by molar-refractivity contribution is 6.31. The molecule has 0 saturated carbocycles. The molecule has 0 radical (unpaired) electrons. The van der Waals surface area contributed by atoms with Gasteiger partial charge in [0.2, 0.25) is 0 Å². The Morgan fingerprint density at radius 3 is 2.47 bits per heavy atom. The molecule has 1 aromatic rings. The largest absolute Gasteiger partial charge is 0.497 e. The number of hydrogen-bond acceptors (Lipinski definition) is 2. The quantitative estimate of drug-likeness (QED) is 0.875. The van der Waals surface area contributed by atoms with Gasteiger partial charge in [-0.1, -0.05) is 17.7 Å². The van der Waals surface area contributed by atoms with Crippen molar-refractivity contribution in [2.75, 3.05) is 7.11 Å². The number of nitrogens with two attached hydrogens (primary N) is 1. The van der Waals surface area contributed by atoms with Crippen molar-refractivity contribution in [3.05, 3.63) is 28.8 Å². The fourth-order valence-corrected chi connectivity index (χ4v) is 1.55. The maximum absolute atomic E-state index is 12.6. The van der Waals surface area contributed by atoms with E-state index < -0.39 is 12.0 Å². The predicted molar refractivity (Wildman–Crippen MR) is 55.5 cm³/mol. The predicted octanol–water partition coefficient (Wildman–Crippen LogP) is 2.79.